The van der Waals surface area contributed by atoms with E-state index in [4.69, 9.17) is 9.84 Å². The minimum Gasteiger partial charge on any atom is -0.450 e. The Bertz CT molecular complexity index is 652. The summed E-state index contributed by atoms with van der Waals surface area (Å²) < 4.78 is 5.13. The van der Waals surface area contributed by atoms with Crippen LogP contribution in [0.15, 0.2) is 54.6 Å². The highest BCUT2D eigenvalue weighted by Crippen LogP contribution is 2.27. The van der Waals surface area contributed by atoms with Gasteiger partial charge in [-0.3, -0.25) is 0 Å². The molecule has 0 aliphatic heterocycles. The number of aryl methyl sites for hydroxylation is 2. The zero-order valence-corrected chi connectivity index (χ0v) is 15.7. The summed E-state index contributed by atoms with van der Waals surface area (Å²) in [7, 11) is 0. The molecule has 0 spiro atoms. The molecule has 1 atom stereocenters. The Labute approximate surface area is 157 Å². The van der Waals surface area contributed by atoms with Gasteiger partial charge in [-0.05, 0) is 49.3 Å². The van der Waals surface area contributed by atoms with Gasteiger partial charge in [0.15, 0.2) is 0 Å². The van der Waals surface area contributed by atoms with Gasteiger partial charge in [0.2, 0.25) is 0 Å². The molecule has 0 aliphatic carbocycles. The van der Waals surface area contributed by atoms with Gasteiger partial charge in [0.05, 0.1) is 0 Å². The number of unbranched alkanes of at least 4 members (excludes halogenated alkanes) is 5. The SMILES string of the molecule is Cc1ccccc1C(CCCCCCCCc1ccccc1)OC(=O)O. The smallest absolute Gasteiger partial charge is 0.450 e. The zero-order chi connectivity index (χ0) is 18.6. The quantitative estimate of drug-likeness (QED) is 0.360. The van der Waals surface area contributed by atoms with Crippen molar-refractivity contribution in [3.8, 4) is 0 Å². The van der Waals surface area contributed by atoms with E-state index in [0.717, 1.165) is 36.8 Å². The van der Waals surface area contributed by atoms with Crippen LogP contribution in [0.1, 0.15) is 67.7 Å². The van der Waals surface area contributed by atoms with Crippen molar-refractivity contribution in [1.82, 2.24) is 0 Å². The molecule has 0 amide bonds. The maximum absolute atomic E-state index is 11.0. The predicted octanol–water partition coefficient (Wildman–Crippen LogP) is 6.70. The van der Waals surface area contributed by atoms with Gasteiger partial charge in [-0.25, -0.2) is 4.79 Å². The first-order valence-corrected chi connectivity index (χ1v) is 9.66. The van der Waals surface area contributed by atoms with Crippen molar-refractivity contribution in [1.29, 1.82) is 0 Å². The third kappa shape index (κ3) is 7.30. The van der Waals surface area contributed by atoms with Gasteiger partial charge in [0, 0.05) is 0 Å². The zero-order valence-electron chi connectivity index (χ0n) is 15.7. The maximum atomic E-state index is 11.0. The molecule has 2 aromatic carbocycles. The van der Waals surface area contributed by atoms with Crippen LogP contribution >= 0.6 is 0 Å². The van der Waals surface area contributed by atoms with Crippen LogP contribution in [0.4, 0.5) is 4.79 Å². The first kappa shape index (κ1) is 20.0. The number of hydrogen-bond donors (Lipinski definition) is 1. The molecular formula is C23H30O3. The number of rotatable bonds is 11. The summed E-state index contributed by atoms with van der Waals surface area (Å²) in [5, 5.41) is 9.01. The highest BCUT2D eigenvalue weighted by Gasteiger charge is 2.17. The Kier molecular flexibility index (Phi) is 8.74. The molecule has 140 valence electrons. The van der Waals surface area contributed by atoms with Crippen LogP contribution in [0.5, 0.6) is 0 Å². The lowest BCUT2D eigenvalue weighted by molar-refractivity contribution is 0.0462. The molecule has 0 heterocycles. The fraction of sp³-hybridized carbons (Fsp3) is 0.435. The number of carboxylic acid groups (broad SMARTS) is 1. The number of benzene rings is 2. The molecule has 26 heavy (non-hydrogen) atoms. The van der Waals surface area contributed by atoms with Gasteiger partial charge in [-0.15, -0.1) is 0 Å². The van der Waals surface area contributed by atoms with E-state index in [1.165, 1.54) is 31.2 Å². The van der Waals surface area contributed by atoms with Gasteiger partial charge in [-0.2, -0.15) is 0 Å². The Hall–Kier alpha value is -2.29. The lowest BCUT2D eigenvalue weighted by Crippen LogP contribution is -2.10. The predicted molar refractivity (Wildman–Crippen MR) is 105 cm³/mol. The van der Waals surface area contributed by atoms with Crippen LogP contribution in [0.3, 0.4) is 0 Å². The van der Waals surface area contributed by atoms with Crippen LogP contribution in [-0.2, 0) is 11.2 Å². The Morgan fingerprint density at radius 2 is 1.50 bits per heavy atom. The fourth-order valence-corrected chi connectivity index (χ4v) is 3.36. The lowest BCUT2D eigenvalue weighted by atomic mass is 9.98. The summed E-state index contributed by atoms with van der Waals surface area (Å²) in [5.74, 6) is 0. The van der Waals surface area contributed by atoms with E-state index in [1.807, 2.05) is 31.2 Å². The second kappa shape index (κ2) is 11.3. The fourth-order valence-electron chi connectivity index (χ4n) is 3.36. The van der Waals surface area contributed by atoms with Gasteiger partial charge in [0.25, 0.3) is 0 Å². The molecule has 0 fully saturated rings. The van der Waals surface area contributed by atoms with Crippen LogP contribution in [-0.4, -0.2) is 11.3 Å². The van der Waals surface area contributed by atoms with Gasteiger partial charge >= 0.3 is 6.16 Å². The molecule has 3 nitrogen and oxygen atoms in total. The van der Waals surface area contributed by atoms with E-state index in [0.29, 0.717) is 0 Å². The van der Waals surface area contributed by atoms with Crippen molar-refractivity contribution in [2.75, 3.05) is 0 Å². The molecule has 0 saturated heterocycles. The molecule has 3 heteroatoms. The van der Waals surface area contributed by atoms with E-state index in [2.05, 4.69) is 30.3 Å². The topological polar surface area (TPSA) is 46.5 Å². The first-order chi connectivity index (χ1) is 12.7. The highest BCUT2D eigenvalue weighted by molar-refractivity contribution is 5.57. The second-order valence-corrected chi connectivity index (χ2v) is 6.87. The van der Waals surface area contributed by atoms with E-state index < -0.39 is 6.16 Å². The molecule has 2 aromatic rings. The van der Waals surface area contributed by atoms with E-state index >= 15 is 0 Å². The Balaban J connectivity index is 1.63. The van der Waals surface area contributed by atoms with Crippen molar-refractivity contribution in [3.63, 3.8) is 0 Å². The average molecular weight is 354 g/mol. The average Bonchev–Trinajstić information content (AvgIpc) is 2.64. The van der Waals surface area contributed by atoms with Crippen LogP contribution in [0, 0.1) is 6.92 Å². The summed E-state index contributed by atoms with van der Waals surface area (Å²) in [6, 6.07) is 18.5. The standard InChI is InChI=1S/C23H30O3/c1-19-13-11-12-17-21(19)22(26-23(24)25)18-10-5-3-2-4-7-14-20-15-8-6-9-16-20/h6,8-9,11-13,15-17,22H,2-5,7,10,14,18H2,1H3,(H,24,25). The minimum atomic E-state index is -1.20. The van der Waals surface area contributed by atoms with Gasteiger partial charge in [0.1, 0.15) is 6.10 Å². The number of carbonyl (C=O) groups is 1. The van der Waals surface area contributed by atoms with Crippen molar-refractivity contribution in [2.24, 2.45) is 0 Å². The number of hydrogen-bond acceptors (Lipinski definition) is 2. The van der Waals surface area contributed by atoms with Crippen LogP contribution in [0.2, 0.25) is 0 Å². The first-order valence-electron chi connectivity index (χ1n) is 9.66. The van der Waals surface area contributed by atoms with Gasteiger partial charge in [-0.1, -0.05) is 80.3 Å². The monoisotopic (exact) mass is 354 g/mol. The molecule has 1 unspecified atom stereocenters. The third-order valence-electron chi connectivity index (χ3n) is 4.80. The van der Waals surface area contributed by atoms with Gasteiger partial charge < -0.3 is 9.84 Å². The molecule has 2 rings (SSSR count). The van der Waals surface area contributed by atoms with Crippen molar-refractivity contribution >= 4 is 6.16 Å². The highest BCUT2D eigenvalue weighted by atomic mass is 16.7. The van der Waals surface area contributed by atoms with E-state index in [9.17, 15) is 4.79 Å². The molecule has 0 bridgehead atoms. The summed E-state index contributed by atoms with van der Waals surface area (Å²) in [6.07, 6.45) is 7.39. The van der Waals surface area contributed by atoms with Crippen molar-refractivity contribution < 1.29 is 14.6 Å². The summed E-state index contributed by atoms with van der Waals surface area (Å²) >= 11 is 0. The van der Waals surface area contributed by atoms with E-state index in [1.54, 1.807) is 0 Å². The Morgan fingerprint density at radius 1 is 0.885 bits per heavy atom. The maximum Gasteiger partial charge on any atom is 0.506 e. The summed E-state index contributed by atoms with van der Waals surface area (Å²) in [6.45, 7) is 2.00. The van der Waals surface area contributed by atoms with Crippen LogP contribution in [0.25, 0.3) is 0 Å². The summed E-state index contributed by atoms with van der Waals surface area (Å²) in [5.41, 5.74) is 3.48. The largest absolute Gasteiger partial charge is 0.506 e. The minimum absolute atomic E-state index is 0.355. The molecular weight excluding hydrogens is 324 g/mol. The normalized spacial score (nSPS) is 11.9. The summed E-state index contributed by atoms with van der Waals surface area (Å²) in [4.78, 5) is 11.0. The molecule has 1 N–H and O–H groups in total. The third-order valence-corrected chi connectivity index (χ3v) is 4.80. The Morgan fingerprint density at radius 3 is 2.19 bits per heavy atom. The molecule has 0 radical (unpaired) electrons. The second-order valence-electron chi connectivity index (χ2n) is 6.87. The number of ether oxygens (including phenoxy) is 1. The van der Waals surface area contributed by atoms with Crippen LogP contribution < -0.4 is 0 Å². The van der Waals surface area contributed by atoms with E-state index in [-0.39, 0.29) is 6.10 Å². The molecule has 0 aromatic heterocycles. The molecule has 0 aliphatic rings. The lowest BCUT2D eigenvalue weighted by Gasteiger charge is -2.18. The molecule has 0 saturated carbocycles. The van der Waals surface area contributed by atoms with Crippen molar-refractivity contribution in [3.05, 3.63) is 71.3 Å². The van der Waals surface area contributed by atoms with Crippen molar-refractivity contribution in [2.45, 2.75) is 64.4 Å².